The molecule has 0 unspecified atom stereocenters. The zero-order valence-corrected chi connectivity index (χ0v) is 16.8. The number of hydrogen-bond acceptors (Lipinski definition) is 2. The zero-order valence-electron chi connectivity index (χ0n) is 15.3. The number of rotatable bonds is 4. The van der Waals surface area contributed by atoms with E-state index in [0.29, 0.717) is 21.4 Å². The molecule has 3 rings (SSSR count). The molecule has 3 aromatic rings. The second-order valence-electron chi connectivity index (χ2n) is 6.27. The van der Waals surface area contributed by atoms with Crippen LogP contribution in [0.25, 0.3) is 11.8 Å². The first-order valence-electron chi connectivity index (χ1n) is 8.53. The van der Waals surface area contributed by atoms with Crippen LogP contribution in [0, 0.1) is 25.2 Å². The van der Waals surface area contributed by atoms with Crippen LogP contribution >= 0.6 is 23.2 Å². The summed E-state index contributed by atoms with van der Waals surface area (Å²) in [7, 11) is 0. The van der Waals surface area contributed by atoms with Crippen molar-refractivity contribution in [1.29, 1.82) is 5.26 Å². The molecule has 4 nitrogen and oxygen atoms in total. The smallest absolute Gasteiger partial charge is 0.266 e. The largest absolute Gasteiger partial charge is 0.321 e. The molecule has 0 bridgehead atoms. The van der Waals surface area contributed by atoms with Gasteiger partial charge in [0.25, 0.3) is 5.91 Å². The third-order valence-electron chi connectivity index (χ3n) is 4.39. The number of halogens is 2. The van der Waals surface area contributed by atoms with Gasteiger partial charge in [0.1, 0.15) is 11.6 Å². The molecule has 1 aromatic heterocycles. The van der Waals surface area contributed by atoms with Gasteiger partial charge in [-0.05, 0) is 67.4 Å². The summed E-state index contributed by atoms with van der Waals surface area (Å²) in [4.78, 5) is 12.6. The van der Waals surface area contributed by atoms with Crippen LogP contribution in [-0.4, -0.2) is 10.5 Å². The van der Waals surface area contributed by atoms with E-state index in [1.54, 1.807) is 31.2 Å². The lowest BCUT2D eigenvalue weighted by atomic mass is 10.1. The van der Waals surface area contributed by atoms with Gasteiger partial charge in [-0.1, -0.05) is 35.3 Å². The Morgan fingerprint density at radius 1 is 1.11 bits per heavy atom. The topological polar surface area (TPSA) is 57.8 Å². The summed E-state index contributed by atoms with van der Waals surface area (Å²) in [6.07, 6.45) is 3.39. The number of nitrogens with one attached hydrogen (secondary N) is 1. The first-order chi connectivity index (χ1) is 13.4. The third kappa shape index (κ3) is 4.12. The highest BCUT2D eigenvalue weighted by atomic mass is 35.5. The van der Waals surface area contributed by atoms with Crippen molar-refractivity contribution in [1.82, 2.24) is 4.57 Å². The van der Waals surface area contributed by atoms with E-state index in [4.69, 9.17) is 23.2 Å². The van der Waals surface area contributed by atoms with Gasteiger partial charge in [-0.15, -0.1) is 0 Å². The monoisotopic (exact) mass is 409 g/mol. The quantitative estimate of drug-likeness (QED) is 0.427. The molecule has 6 heteroatoms. The van der Waals surface area contributed by atoms with Crippen molar-refractivity contribution in [2.24, 2.45) is 0 Å². The van der Waals surface area contributed by atoms with E-state index in [1.807, 2.05) is 54.1 Å². The molecule has 0 fully saturated rings. The minimum Gasteiger partial charge on any atom is -0.321 e. The molecular weight excluding hydrogens is 393 g/mol. The van der Waals surface area contributed by atoms with Gasteiger partial charge in [0.2, 0.25) is 0 Å². The minimum absolute atomic E-state index is 0.0162. The molecule has 140 valence electrons. The van der Waals surface area contributed by atoms with Crippen LogP contribution < -0.4 is 5.32 Å². The Labute approximate surface area is 173 Å². The number of aromatic nitrogens is 1. The lowest BCUT2D eigenvalue weighted by molar-refractivity contribution is -0.112. The van der Waals surface area contributed by atoms with Crippen LogP contribution in [-0.2, 0) is 4.79 Å². The molecule has 28 heavy (non-hydrogen) atoms. The molecule has 0 aliphatic carbocycles. The third-order valence-corrected chi connectivity index (χ3v) is 5.20. The Balaban J connectivity index is 1.92. The number of hydrogen-bond donors (Lipinski definition) is 1. The zero-order chi connectivity index (χ0) is 20.3. The van der Waals surface area contributed by atoms with Crippen molar-refractivity contribution < 1.29 is 4.79 Å². The van der Waals surface area contributed by atoms with Crippen LogP contribution in [0.5, 0.6) is 0 Å². The lowest BCUT2D eigenvalue weighted by Gasteiger charge is -2.10. The number of benzene rings is 2. The molecule has 1 heterocycles. The average Bonchev–Trinajstić information content (AvgIpc) is 3.13. The predicted octanol–water partition coefficient (Wildman–Crippen LogP) is 5.95. The molecular formula is C22H17Cl2N3O. The van der Waals surface area contributed by atoms with Crippen LogP contribution in [0.1, 0.15) is 16.8 Å². The van der Waals surface area contributed by atoms with Crippen LogP contribution in [0.2, 0.25) is 10.0 Å². The Kier molecular flexibility index (Phi) is 5.89. The normalized spacial score (nSPS) is 11.2. The SMILES string of the molecule is Cc1ccc(-n2cccc2/C=C(/C#N)C(=O)Nc2cccc(Cl)c2C)cc1Cl. The second kappa shape index (κ2) is 8.35. The number of carbonyl (C=O) groups is 1. The van der Waals surface area contributed by atoms with E-state index in [-0.39, 0.29) is 5.57 Å². The van der Waals surface area contributed by atoms with Crippen molar-refractivity contribution in [2.75, 3.05) is 5.32 Å². The van der Waals surface area contributed by atoms with E-state index in [9.17, 15) is 10.1 Å². The maximum atomic E-state index is 12.6. The number of anilines is 1. The highest BCUT2D eigenvalue weighted by Gasteiger charge is 2.13. The van der Waals surface area contributed by atoms with Crippen molar-refractivity contribution >= 4 is 40.9 Å². The lowest BCUT2D eigenvalue weighted by Crippen LogP contribution is -2.14. The molecule has 1 N–H and O–H groups in total. The van der Waals surface area contributed by atoms with Gasteiger partial charge in [0, 0.05) is 33.3 Å². The van der Waals surface area contributed by atoms with E-state index < -0.39 is 5.91 Å². The predicted molar refractivity (Wildman–Crippen MR) is 114 cm³/mol. The fraction of sp³-hybridized carbons (Fsp3) is 0.0909. The molecule has 0 saturated heterocycles. The van der Waals surface area contributed by atoms with Gasteiger partial charge >= 0.3 is 0 Å². The number of aryl methyl sites for hydroxylation is 1. The molecule has 0 aliphatic heterocycles. The van der Waals surface area contributed by atoms with Crippen LogP contribution in [0.3, 0.4) is 0 Å². The van der Waals surface area contributed by atoms with Gasteiger partial charge in [-0.25, -0.2) is 0 Å². The fourth-order valence-corrected chi connectivity index (χ4v) is 3.06. The van der Waals surface area contributed by atoms with Crippen molar-refractivity contribution in [3.8, 4) is 11.8 Å². The average molecular weight is 410 g/mol. The molecule has 0 spiro atoms. The first kappa shape index (κ1) is 19.8. The van der Waals surface area contributed by atoms with Gasteiger partial charge in [0.05, 0.1) is 0 Å². The summed E-state index contributed by atoms with van der Waals surface area (Å²) >= 11 is 12.3. The van der Waals surface area contributed by atoms with Gasteiger partial charge < -0.3 is 9.88 Å². The number of nitriles is 1. The summed E-state index contributed by atoms with van der Waals surface area (Å²) in [6, 6.07) is 16.6. The molecule has 0 radical (unpaired) electrons. The summed E-state index contributed by atoms with van der Waals surface area (Å²) < 4.78 is 1.86. The number of amides is 1. The highest BCUT2D eigenvalue weighted by molar-refractivity contribution is 6.32. The summed E-state index contributed by atoms with van der Waals surface area (Å²) in [5.74, 6) is -0.498. The number of carbonyl (C=O) groups excluding carboxylic acids is 1. The number of nitrogens with zero attached hydrogens (tertiary/aromatic N) is 2. The maximum absolute atomic E-state index is 12.6. The van der Waals surface area contributed by atoms with Crippen LogP contribution in [0.4, 0.5) is 5.69 Å². The Hall–Kier alpha value is -3.00. The minimum atomic E-state index is -0.498. The van der Waals surface area contributed by atoms with Crippen molar-refractivity contribution in [3.05, 3.63) is 87.2 Å². The maximum Gasteiger partial charge on any atom is 0.266 e. The summed E-state index contributed by atoms with van der Waals surface area (Å²) in [6.45, 7) is 3.73. The summed E-state index contributed by atoms with van der Waals surface area (Å²) in [5.41, 5.74) is 3.80. The van der Waals surface area contributed by atoms with Crippen LogP contribution in [0.15, 0.2) is 60.3 Å². The Morgan fingerprint density at radius 3 is 2.61 bits per heavy atom. The van der Waals surface area contributed by atoms with Gasteiger partial charge in [-0.2, -0.15) is 5.26 Å². The molecule has 1 amide bonds. The van der Waals surface area contributed by atoms with Gasteiger partial charge in [0.15, 0.2) is 0 Å². The standard InChI is InChI=1S/C22H17Cl2N3O/c1-14-8-9-18(12-20(14)24)27-10-4-5-17(27)11-16(13-25)22(28)26-21-7-3-6-19(23)15(21)2/h3-12H,1-2H3,(H,26,28)/b16-11-. The Morgan fingerprint density at radius 2 is 1.89 bits per heavy atom. The van der Waals surface area contributed by atoms with E-state index in [2.05, 4.69) is 5.32 Å². The van der Waals surface area contributed by atoms with Crippen molar-refractivity contribution in [2.45, 2.75) is 13.8 Å². The fourth-order valence-electron chi connectivity index (χ4n) is 2.71. The van der Waals surface area contributed by atoms with E-state index in [1.165, 1.54) is 0 Å². The molecule has 0 atom stereocenters. The summed E-state index contributed by atoms with van der Waals surface area (Å²) in [5, 5.41) is 13.4. The van der Waals surface area contributed by atoms with E-state index >= 15 is 0 Å². The molecule has 0 saturated carbocycles. The second-order valence-corrected chi connectivity index (χ2v) is 7.09. The van der Waals surface area contributed by atoms with Crippen molar-refractivity contribution in [3.63, 3.8) is 0 Å². The molecule has 2 aromatic carbocycles. The highest BCUT2D eigenvalue weighted by Crippen LogP contribution is 2.24. The molecule has 0 aliphatic rings. The van der Waals surface area contributed by atoms with E-state index in [0.717, 1.165) is 16.8 Å². The van der Waals surface area contributed by atoms with Gasteiger partial charge in [-0.3, -0.25) is 4.79 Å². The first-order valence-corrected chi connectivity index (χ1v) is 9.28. The Bertz CT molecular complexity index is 1120.